The van der Waals surface area contributed by atoms with Crippen molar-refractivity contribution in [2.24, 2.45) is 0 Å². The van der Waals surface area contributed by atoms with E-state index in [0.29, 0.717) is 45.8 Å². The van der Waals surface area contributed by atoms with Crippen LogP contribution in [-0.2, 0) is 6.61 Å². The summed E-state index contributed by atoms with van der Waals surface area (Å²) >= 11 is 0. The van der Waals surface area contributed by atoms with Crippen molar-refractivity contribution >= 4 is 17.0 Å². The third-order valence-electron chi connectivity index (χ3n) is 4.71. The van der Waals surface area contributed by atoms with Gasteiger partial charge in [0.1, 0.15) is 17.0 Å². The van der Waals surface area contributed by atoms with E-state index >= 15 is 0 Å². The summed E-state index contributed by atoms with van der Waals surface area (Å²) in [5.41, 5.74) is 10.3. The van der Waals surface area contributed by atoms with Gasteiger partial charge in [-0.1, -0.05) is 12.1 Å². The monoisotopic (exact) mass is 399 g/mol. The molecule has 4 aromatic heterocycles. The predicted molar refractivity (Wildman–Crippen MR) is 110 cm³/mol. The molecule has 0 amide bonds. The van der Waals surface area contributed by atoms with E-state index in [-0.39, 0.29) is 6.61 Å². The fraction of sp³-hybridized carbons (Fsp3) is 0.0952. The molecular weight excluding hydrogens is 382 g/mol. The summed E-state index contributed by atoms with van der Waals surface area (Å²) in [6.07, 6.45) is 1.64. The van der Waals surface area contributed by atoms with E-state index in [1.165, 1.54) is 0 Å². The second-order valence-electron chi connectivity index (χ2n) is 6.70. The summed E-state index contributed by atoms with van der Waals surface area (Å²) in [7, 11) is 0. The van der Waals surface area contributed by atoms with Gasteiger partial charge in [0.2, 0.25) is 5.89 Å². The highest BCUT2D eigenvalue weighted by molar-refractivity contribution is 5.84. The molecule has 5 aromatic rings. The van der Waals surface area contributed by atoms with Crippen LogP contribution in [0.3, 0.4) is 0 Å². The van der Waals surface area contributed by atoms with Crippen molar-refractivity contribution < 1.29 is 9.52 Å². The Bertz CT molecular complexity index is 1360. The Morgan fingerprint density at radius 2 is 1.87 bits per heavy atom. The van der Waals surface area contributed by atoms with Crippen LogP contribution in [0.25, 0.3) is 39.8 Å². The third kappa shape index (κ3) is 2.97. The molecule has 0 fully saturated rings. The van der Waals surface area contributed by atoms with Crippen molar-refractivity contribution in [1.82, 2.24) is 29.7 Å². The summed E-state index contributed by atoms with van der Waals surface area (Å²) in [5, 5.41) is 17.3. The number of nitrogens with zero attached hydrogens (tertiary/aromatic N) is 6. The summed E-state index contributed by atoms with van der Waals surface area (Å²) in [4.78, 5) is 13.7. The second kappa shape index (κ2) is 7.05. The smallest absolute Gasteiger partial charge is 0.266 e. The van der Waals surface area contributed by atoms with Crippen LogP contribution in [0.1, 0.15) is 11.5 Å². The summed E-state index contributed by atoms with van der Waals surface area (Å²) in [6, 6.07) is 14.8. The second-order valence-corrected chi connectivity index (χ2v) is 6.70. The Morgan fingerprint density at radius 3 is 2.57 bits per heavy atom. The fourth-order valence-electron chi connectivity index (χ4n) is 3.26. The number of nitrogens with two attached hydrogens (primary N) is 1. The molecule has 9 nitrogen and oxygen atoms in total. The molecule has 0 saturated heterocycles. The van der Waals surface area contributed by atoms with E-state index < -0.39 is 0 Å². The molecule has 0 unspecified atom stereocenters. The minimum absolute atomic E-state index is 0.0354. The van der Waals surface area contributed by atoms with E-state index in [9.17, 15) is 5.11 Å². The molecule has 3 N–H and O–H groups in total. The van der Waals surface area contributed by atoms with Gasteiger partial charge in [0.25, 0.3) is 5.89 Å². The largest absolute Gasteiger partial charge is 0.420 e. The number of benzene rings is 1. The zero-order valence-corrected chi connectivity index (χ0v) is 16.0. The van der Waals surface area contributed by atoms with E-state index in [1.807, 2.05) is 47.0 Å². The first-order valence-corrected chi connectivity index (χ1v) is 9.25. The molecule has 0 aliphatic rings. The average molecular weight is 399 g/mol. The lowest BCUT2D eigenvalue weighted by Crippen LogP contribution is -2.02. The van der Waals surface area contributed by atoms with Gasteiger partial charge in [0, 0.05) is 18.8 Å². The molecule has 0 saturated carbocycles. The summed E-state index contributed by atoms with van der Waals surface area (Å²) in [5.74, 6) is 1.77. The van der Waals surface area contributed by atoms with Crippen LogP contribution < -0.4 is 5.73 Å². The third-order valence-corrected chi connectivity index (χ3v) is 4.71. The first-order chi connectivity index (χ1) is 14.6. The number of nitrogen functional groups attached to an aromatic ring is 1. The molecule has 30 heavy (non-hydrogen) atoms. The van der Waals surface area contributed by atoms with Crippen LogP contribution in [0, 0.1) is 6.92 Å². The molecule has 5 rings (SSSR count). The van der Waals surface area contributed by atoms with E-state index in [4.69, 9.17) is 20.1 Å². The summed E-state index contributed by atoms with van der Waals surface area (Å²) in [6.45, 7) is 1.69. The Balaban J connectivity index is 1.79. The molecule has 0 radical (unpaired) electrons. The molecule has 9 heteroatoms. The van der Waals surface area contributed by atoms with Gasteiger partial charge in [-0.05, 0) is 42.0 Å². The van der Waals surface area contributed by atoms with Crippen molar-refractivity contribution in [3.8, 4) is 28.7 Å². The molecule has 0 aliphatic heterocycles. The van der Waals surface area contributed by atoms with Gasteiger partial charge in [-0.25, -0.2) is 15.0 Å². The standard InChI is InChI=1S/C21H17N7O2/c1-12-26-27-21(30-12)17-9-8-16-20(25-17)28(14-6-4-13(11-29)5-7-14)19(24-16)15-3-2-10-23-18(15)22/h2-10,29H,11H2,1H3,(H2,22,23). The highest BCUT2D eigenvalue weighted by atomic mass is 16.4. The van der Waals surface area contributed by atoms with E-state index in [2.05, 4.69) is 15.2 Å². The maximum absolute atomic E-state index is 9.38. The Labute approximate surface area is 170 Å². The first-order valence-electron chi connectivity index (χ1n) is 9.25. The number of fused-ring (bicyclic) bond motifs is 1. The predicted octanol–water partition coefficient (Wildman–Crippen LogP) is 2.92. The Kier molecular flexibility index (Phi) is 4.22. The van der Waals surface area contributed by atoms with E-state index in [0.717, 1.165) is 11.3 Å². The molecule has 148 valence electrons. The Hall–Kier alpha value is -4.11. The van der Waals surface area contributed by atoms with Crippen molar-refractivity contribution in [1.29, 1.82) is 0 Å². The SMILES string of the molecule is Cc1nnc(-c2ccc3nc(-c4cccnc4N)n(-c4ccc(CO)cc4)c3n2)o1. The number of hydrogen-bond donors (Lipinski definition) is 2. The lowest BCUT2D eigenvalue weighted by Gasteiger charge is -2.11. The topological polar surface area (TPSA) is 129 Å². The molecular formula is C21H17N7O2. The molecule has 0 bridgehead atoms. The fourth-order valence-corrected chi connectivity index (χ4v) is 3.26. The van der Waals surface area contributed by atoms with Gasteiger partial charge in [-0.15, -0.1) is 10.2 Å². The number of aliphatic hydroxyl groups excluding tert-OH is 1. The lowest BCUT2D eigenvalue weighted by atomic mass is 10.2. The van der Waals surface area contributed by atoms with Crippen LogP contribution in [0.2, 0.25) is 0 Å². The number of aliphatic hydroxyl groups is 1. The van der Waals surface area contributed by atoms with Crippen LogP contribution in [-0.4, -0.2) is 34.8 Å². The highest BCUT2D eigenvalue weighted by Gasteiger charge is 2.19. The zero-order valence-electron chi connectivity index (χ0n) is 16.0. The van der Waals surface area contributed by atoms with Crippen molar-refractivity contribution in [3.63, 3.8) is 0 Å². The quantitative estimate of drug-likeness (QED) is 0.472. The van der Waals surface area contributed by atoms with Crippen LogP contribution in [0.15, 0.2) is 59.1 Å². The minimum atomic E-state index is -0.0354. The van der Waals surface area contributed by atoms with Gasteiger partial charge in [-0.3, -0.25) is 4.57 Å². The van der Waals surface area contributed by atoms with Gasteiger partial charge in [0.05, 0.1) is 12.2 Å². The van der Waals surface area contributed by atoms with Crippen LogP contribution in [0.5, 0.6) is 0 Å². The zero-order chi connectivity index (χ0) is 20.7. The number of hydrogen-bond acceptors (Lipinski definition) is 8. The first kappa shape index (κ1) is 18.0. The number of pyridine rings is 2. The molecule has 0 aliphatic carbocycles. The van der Waals surface area contributed by atoms with Crippen molar-refractivity contribution in [2.75, 3.05) is 5.73 Å². The van der Waals surface area contributed by atoms with Gasteiger partial charge >= 0.3 is 0 Å². The van der Waals surface area contributed by atoms with E-state index in [1.54, 1.807) is 19.2 Å². The van der Waals surface area contributed by atoms with Gasteiger partial charge in [-0.2, -0.15) is 0 Å². The maximum Gasteiger partial charge on any atom is 0.266 e. The van der Waals surface area contributed by atoms with Gasteiger partial charge in [0.15, 0.2) is 11.5 Å². The Morgan fingerprint density at radius 1 is 1.03 bits per heavy atom. The van der Waals surface area contributed by atoms with Crippen LogP contribution >= 0.6 is 0 Å². The number of anilines is 1. The molecule has 0 atom stereocenters. The number of imidazole rings is 1. The number of aryl methyl sites for hydroxylation is 1. The maximum atomic E-state index is 9.38. The molecule has 0 spiro atoms. The van der Waals surface area contributed by atoms with Crippen LogP contribution in [0.4, 0.5) is 5.82 Å². The van der Waals surface area contributed by atoms with Crippen molar-refractivity contribution in [3.05, 3.63) is 66.2 Å². The summed E-state index contributed by atoms with van der Waals surface area (Å²) < 4.78 is 7.43. The van der Waals surface area contributed by atoms with Gasteiger partial charge < -0.3 is 15.3 Å². The minimum Gasteiger partial charge on any atom is -0.420 e. The highest BCUT2D eigenvalue weighted by Crippen LogP contribution is 2.31. The number of rotatable bonds is 4. The molecule has 4 heterocycles. The van der Waals surface area contributed by atoms with Crippen molar-refractivity contribution in [2.45, 2.75) is 13.5 Å². The lowest BCUT2D eigenvalue weighted by molar-refractivity contribution is 0.282. The normalized spacial score (nSPS) is 11.3. The number of aromatic nitrogens is 6. The molecule has 1 aromatic carbocycles. The average Bonchev–Trinajstić information content (AvgIpc) is 3.37.